The van der Waals surface area contributed by atoms with Crippen molar-refractivity contribution >= 4 is 5.91 Å². The summed E-state index contributed by atoms with van der Waals surface area (Å²) in [6.07, 6.45) is 2.96. The molecule has 0 fully saturated rings. The molecule has 0 aromatic heterocycles. The summed E-state index contributed by atoms with van der Waals surface area (Å²) in [5.41, 5.74) is 1.15. The van der Waals surface area contributed by atoms with Gasteiger partial charge < -0.3 is 15.4 Å². The van der Waals surface area contributed by atoms with Crippen molar-refractivity contribution in [3.63, 3.8) is 0 Å². The molecule has 1 rings (SSSR count). The molecule has 1 atom stereocenters. The number of ether oxygens (including phenoxy) is 1. The molecule has 1 unspecified atom stereocenters. The van der Waals surface area contributed by atoms with E-state index in [1.54, 1.807) is 7.11 Å². The fourth-order valence-electron chi connectivity index (χ4n) is 2.17. The number of carbonyl (C=O) groups excluding carboxylic acids is 1. The Balaban J connectivity index is 2.23. The van der Waals surface area contributed by atoms with Crippen molar-refractivity contribution in [2.45, 2.75) is 39.2 Å². The topological polar surface area (TPSA) is 50.4 Å². The van der Waals surface area contributed by atoms with E-state index in [9.17, 15) is 4.79 Å². The summed E-state index contributed by atoms with van der Waals surface area (Å²) in [5.74, 6) is 0.960. The van der Waals surface area contributed by atoms with Gasteiger partial charge in [0.25, 0.3) is 0 Å². The van der Waals surface area contributed by atoms with E-state index >= 15 is 0 Å². The smallest absolute Gasteiger partial charge is 0.234 e. The van der Waals surface area contributed by atoms with Crippen LogP contribution in [0.25, 0.3) is 0 Å². The lowest BCUT2D eigenvalue weighted by molar-refractivity contribution is -0.120. The van der Waals surface area contributed by atoms with Gasteiger partial charge in [0.1, 0.15) is 5.75 Å². The average Bonchev–Trinajstić information content (AvgIpc) is 2.44. The number of amides is 1. The van der Waals surface area contributed by atoms with E-state index in [0.717, 1.165) is 37.1 Å². The van der Waals surface area contributed by atoms with Crippen LogP contribution in [-0.4, -0.2) is 32.1 Å². The highest BCUT2D eigenvalue weighted by molar-refractivity contribution is 5.78. The van der Waals surface area contributed by atoms with Gasteiger partial charge in [0, 0.05) is 6.04 Å². The zero-order valence-electron chi connectivity index (χ0n) is 12.7. The monoisotopic (exact) mass is 278 g/mol. The first-order chi connectivity index (χ1) is 9.67. The highest BCUT2D eigenvalue weighted by Gasteiger charge is 2.06. The van der Waals surface area contributed by atoms with E-state index in [1.165, 1.54) is 0 Å². The summed E-state index contributed by atoms with van der Waals surface area (Å²) in [6, 6.07) is 8.21. The lowest BCUT2D eigenvalue weighted by Crippen LogP contribution is -2.39. The van der Waals surface area contributed by atoms with Crippen molar-refractivity contribution in [3.8, 4) is 5.75 Å². The Morgan fingerprint density at radius 3 is 2.80 bits per heavy atom. The van der Waals surface area contributed by atoms with E-state index < -0.39 is 0 Å². The third-order valence-corrected chi connectivity index (χ3v) is 3.18. The Hall–Kier alpha value is -1.55. The summed E-state index contributed by atoms with van der Waals surface area (Å²) >= 11 is 0. The zero-order chi connectivity index (χ0) is 14.8. The van der Waals surface area contributed by atoms with E-state index in [2.05, 4.69) is 17.6 Å². The first-order valence-electron chi connectivity index (χ1n) is 7.29. The van der Waals surface area contributed by atoms with Gasteiger partial charge in [0.15, 0.2) is 0 Å². The summed E-state index contributed by atoms with van der Waals surface area (Å²) in [7, 11) is 1.68. The third kappa shape index (κ3) is 6.06. The summed E-state index contributed by atoms with van der Waals surface area (Å²) in [6.45, 7) is 5.28. The van der Waals surface area contributed by atoms with Crippen LogP contribution >= 0.6 is 0 Å². The van der Waals surface area contributed by atoms with Crippen LogP contribution < -0.4 is 15.4 Å². The Labute approximate surface area is 121 Å². The maximum atomic E-state index is 11.7. The van der Waals surface area contributed by atoms with Crippen LogP contribution in [-0.2, 0) is 11.2 Å². The first-order valence-corrected chi connectivity index (χ1v) is 7.29. The molecule has 1 amide bonds. The van der Waals surface area contributed by atoms with Gasteiger partial charge in [-0.15, -0.1) is 0 Å². The number of methoxy groups -OCH3 is 1. The quantitative estimate of drug-likeness (QED) is 0.680. The highest BCUT2D eigenvalue weighted by atomic mass is 16.5. The van der Waals surface area contributed by atoms with Crippen LogP contribution in [0.4, 0.5) is 0 Å². The molecule has 0 aliphatic rings. The van der Waals surface area contributed by atoms with Crippen LogP contribution in [0.15, 0.2) is 24.3 Å². The molecule has 0 saturated carbocycles. The number of benzene rings is 1. The van der Waals surface area contributed by atoms with Crippen LogP contribution in [0.3, 0.4) is 0 Å². The second-order valence-electron chi connectivity index (χ2n) is 5.00. The van der Waals surface area contributed by atoms with E-state index in [4.69, 9.17) is 4.74 Å². The van der Waals surface area contributed by atoms with Crippen molar-refractivity contribution < 1.29 is 9.53 Å². The SMILES string of the molecule is CCCC(C)NC(=O)CNCCc1ccccc1OC. The molecule has 4 nitrogen and oxygen atoms in total. The molecule has 0 heterocycles. The Kier molecular flexibility index (Phi) is 7.73. The molecular weight excluding hydrogens is 252 g/mol. The van der Waals surface area contributed by atoms with Gasteiger partial charge in [0.05, 0.1) is 13.7 Å². The second kappa shape index (κ2) is 9.37. The maximum Gasteiger partial charge on any atom is 0.234 e. The van der Waals surface area contributed by atoms with Gasteiger partial charge in [-0.2, -0.15) is 0 Å². The van der Waals surface area contributed by atoms with Crippen LogP contribution in [0.2, 0.25) is 0 Å². The normalized spacial score (nSPS) is 11.9. The number of para-hydroxylation sites is 1. The molecule has 1 aromatic carbocycles. The van der Waals surface area contributed by atoms with Crippen LogP contribution in [0, 0.1) is 0 Å². The van der Waals surface area contributed by atoms with E-state index in [-0.39, 0.29) is 11.9 Å². The molecule has 1 aromatic rings. The molecule has 0 aliphatic heterocycles. The molecule has 0 bridgehead atoms. The van der Waals surface area contributed by atoms with Gasteiger partial charge >= 0.3 is 0 Å². The summed E-state index contributed by atoms with van der Waals surface area (Å²) < 4.78 is 5.30. The van der Waals surface area contributed by atoms with E-state index in [1.807, 2.05) is 31.2 Å². The van der Waals surface area contributed by atoms with Crippen molar-refractivity contribution in [1.82, 2.24) is 10.6 Å². The molecule has 0 spiro atoms. The molecular formula is C16H26N2O2. The van der Waals surface area contributed by atoms with Gasteiger partial charge in [-0.3, -0.25) is 4.79 Å². The molecule has 2 N–H and O–H groups in total. The fourth-order valence-corrected chi connectivity index (χ4v) is 2.17. The van der Waals surface area contributed by atoms with Crippen molar-refractivity contribution in [2.24, 2.45) is 0 Å². The number of carbonyl (C=O) groups is 1. The average molecular weight is 278 g/mol. The second-order valence-corrected chi connectivity index (χ2v) is 5.00. The van der Waals surface area contributed by atoms with Crippen LogP contribution in [0.5, 0.6) is 5.75 Å². The third-order valence-electron chi connectivity index (χ3n) is 3.18. The minimum Gasteiger partial charge on any atom is -0.496 e. The Bertz CT molecular complexity index is 407. The van der Waals surface area contributed by atoms with Crippen molar-refractivity contribution in [2.75, 3.05) is 20.2 Å². The standard InChI is InChI=1S/C16H26N2O2/c1-4-7-13(2)18-16(19)12-17-11-10-14-8-5-6-9-15(14)20-3/h5-6,8-9,13,17H,4,7,10-12H2,1-3H3,(H,18,19). The number of rotatable bonds is 9. The number of hydrogen-bond acceptors (Lipinski definition) is 3. The van der Waals surface area contributed by atoms with E-state index in [0.29, 0.717) is 6.54 Å². The van der Waals surface area contributed by atoms with Crippen molar-refractivity contribution in [3.05, 3.63) is 29.8 Å². The van der Waals surface area contributed by atoms with Gasteiger partial charge in [0.2, 0.25) is 5.91 Å². The molecule has 112 valence electrons. The minimum absolute atomic E-state index is 0.0611. The molecule has 0 saturated heterocycles. The van der Waals surface area contributed by atoms with Gasteiger partial charge in [-0.05, 0) is 37.9 Å². The van der Waals surface area contributed by atoms with Crippen molar-refractivity contribution in [1.29, 1.82) is 0 Å². The molecule has 0 aliphatic carbocycles. The maximum absolute atomic E-state index is 11.7. The van der Waals surface area contributed by atoms with Gasteiger partial charge in [-0.25, -0.2) is 0 Å². The van der Waals surface area contributed by atoms with Gasteiger partial charge in [-0.1, -0.05) is 31.5 Å². The summed E-state index contributed by atoms with van der Waals surface area (Å²) in [4.78, 5) is 11.7. The lowest BCUT2D eigenvalue weighted by Gasteiger charge is -2.13. The minimum atomic E-state index is 0.0611. The Morgan fingerprint density at radius 1 is 1.35 bits per heavy atom. The fraction of sp³-hybridized carbons (Fsp3) is 0.562. The summed E-state index contributed by atoms with van der Waals surface area (Å²) in [5, 5.41) is 6.14. The number of nitrogens with one attached hydrogen (secondary N) is 2. The number of hydrogen-bond donors (Lipinski definition) is 2. The predicted molar refractivity (Wildman–Crippen MR) is 82.1 cm³/mol. The molecule has 0 radical (unpaired) electrons. The lowest BCUT2D eigenvalue weighted by atomic mass is 10.1. The zero-order valence-corrected chi connectivity index (χ0v) is 12.7. The Morgan fingerprint density at radius 2 is 2.10 bits per heavy atom. The molecule has 4 heteroatoms. The highest BCUT2D eigenvalue weighted by Crippen LogP contribution is 2.17. The molecule has 20 heavy (non-hydrogen) atoms. The van der Waals surface area contributed by atoms with Crippen LogP contribution in [0.1, 0.15) is 32.3 Å². The first kappa shape index (κ1) is 16.5. The predicted octanol–water partition coefficient (Wildman–Crippen LogP) is 2.13. The largest absolute Gasteiger partial charge is 0.496 e.